The SMILES string of the molecule is Cc1c(Cl)cccc1NC(=O)CN(c1ccc(F)c(F)c1)S(C)(=O)=O. The fraction of sp³-hybridized carbons (Fsp3) is 0.188. The minimum Gasteiger partial charge on any atom is -0.324 e. The van der Waals surface area contributed by atoms with Crippen LogP contribution in [0.2, 0.25) is 5.02 Å². The molecule has 134 valence electrons. The summed E-state index contributed by atoms with van der Waals surface area (Å²) < 4.78 is 51.0. The first-order valence-corrected chi connectivity index (χ1v) is 9.30. The van der Waals surface area contributed by atoms with Gasteiger partial charge in [-0.05, 0) is 36.8 Å². The zero-order valence-corrected chi connectivity index (χ0v) is 15.0. The third-order valence-corrected chi connectivity index (χ3v) is 4.97. The van der Waals surface area contributed by atoms with E-state index in [-0.39, 0.29) is 5.69 Å². The Labute approximate surface area is 149 Å². The van der Waals surface area contributed by atoms with Gasteiger partial charge in [0.25, 0.3) is 0 Å². The van der Waals surface area contributed by atoms with Crippen molar-refractivity contribution in [3.05, 3.63) is 58.6 Å². The van der Waals surface area contributed by atoms with E-state index in [0.29, 0.717) is 26.6 Å². The molecule has 0 atom stereocenters. The number of sulfonamides is 1. The van der Waals surface area contributed by atoms with E-state index in [4.69, 9.17) is 11.6 Å². The van der Waals surface area contributed by atoms with E-state index < -0.39 is 34.1 Å². The van der Waals surface area contributed by atoms with Gasteiger partial charge in [0, 0.05) is 16.8 Å². The van der Waals surface area contributed by atoms with Crippen LogP contribution in [0.15, 0.2) is 36.4 Å². The number of carbonyl (C=O) groups excluding carboxylic acids is 1. The molecule has 1 N–H and O–H groups in total. The molecule has 0 bridgehead atoms. The molecule has 1 amide bonds. The number of rotatable bonds is 5. The molecule has 0 heterocycles. The lowest BCUT2D eigenvalue weighted by atomic mass is 10.2. The van der Waals surface area contributed by atoms with E-state index in [9.17, 15) is 22.0 Å². The Morgan fingerprint density at radius 2 is 1.88 bits per heavy atom. The maximum atomic E-state index is 13.4. The minimum absolute atomic E-state index is 0.153. The molecular formula is C16H15ClF2N2O3S. The number of anilines is 2. The molecule has 9 heteroatoms. The van der Waals surface area contributed by atoms with E-state index in [1.165, 1.54) is 0 Å². The van der Waals surface area contributed by atoms with Crippen molar-refractivity contribution in [2.24, 2.45) is 0 Å². The lowest BCUT2D eigenvalue weighted by Crippen LogP contribution is -2.37. The van der Waals surface area contributed by atoms with Crippen LogP contribution in [0.4, 0.5) is 20.2 Å². The predicted octanol–water partition coefficient (Wildman–Crippen LogP) is 3.33. The van der Waals surface area contributed by atoms with E-state index in [0.717, 1.165) is 18.4 Å². The lowest BCUT2D eigenvalue weighted by molar-refractivity contribution is -0.114. The van der Waals surface area contributed by atoms with E-state index in [2.05, 4.69) is 5.32 Å². The zero-order chi connectivity index (χ0) is 18.8. The van der Waals surface area contributed by atoms with Crippen molar-refractivity contribution < 1.29 is 22.0 Å². The van der Waals surface area contributed by atoms with Crippen molar-refractivity contribution in [3.8, 4) is 0 Å². The number of hydrogen-bond donors (Lipinski definition) is 1. The molecule has 0 aliphatic carbocycles. The first-order chi connectivity index (χ1) is 11.6. The summed E-state index contributed by atoms with van der Waals surface area (Å²) in [6.45, 7) is 1.09. The summed E-state index contributed by atoms with van der Waals surface area (Å²) in [5.74, 6) is -2.98. The second-order valence-corrected chi connectivity index (χ2v) is 7.64. The summed E-state index contributed by atoms with van der Waals surface area (Å²) in [5.41, 5.74) is 0.895. The number of halogens is 3. The molecule has 0 spiro atoms. The first kappa shape index (κ1) is 19.1. The monoisotopic (exact) mass is 388 g/mol. The lowest BCUT2D eigenvalue weighted by Gasteiger charge is -2.22. The molecule has 0 saturated heterocycles. The summed E-state index contributed by atoms with van der Waals surface area (Å²) >= 11 is 5.97. The van der Waals surface area contributed by atoms with Crippen LogP contribution >= 0.6 is 11.6 Å². The largest absolute Gasteiger partial charge is 0.324 e. The highest BCUT2D eigenvalue weighted by Gasteiger charge is 2.22. The second-order valence-electron chi connectivity index (χ2n) is 5.33. The van der Waals surface area contributed by atoms with Crippen LogP contribution in [-0.4, -0.2) is 27.1 Å². The molecule has 0 saturated carbocycles. The van der Waals surface area contributed by atoms with Gasteiger partial charge in [0.2, 0.25) is 15.9 Å². The summed E-state index contributed by atoms with van der Waals surface area (Å²) in [7, 11) is -3.90. The molecule has 0 unspecified atom stereocenters. The van der Waals surface area contributed by atoms with Crippen LogP contribution in [0.1, 0.15) is 5.56 Å². The number of hydrogen-bond acceptors (Lipinski definition) is 3. The first-order valence-electron chi connectivity index (χ1n) is 7.07. The van der Waals surface area contributed by atoms with Gasteiger partial charge < -0.3 is 5.32 Å². The van der Waals surface area contributed by atoms with Gasteiger partial charge >= 0.3 is 0 Å². The molecule has 2 aromatic carbocycles. The molecular weight excluding hydrogens is 374 g/mol. The Bertz CT molecular complexity index is 920. The third-order valence-electron chi connectivity index (χ3n) is 3.42. The van der Waals surface area contributed by atoms with Crippen LogP contribution in [0.3, 0.4) is 0 Å². The van der Waals surface area contributed by atoms with Crippen molar-refractivity contribution >= 4 is 38.9 Å². The Morgan fingerprint density at radius 1 is 1.20 bits per heavy atom. The van der Waals surface area contributed by atoms with E-state index in [1.807, 2.05) is 0 Å². The molecule has 0 aromatic heterocycles. The van der Waals surface area contributed by atoms with Gasteiger partial charge in [-0.2, -0.15) is 0 Å². The number of benzene rings is 2. The molecule has 0 aliphatic heterocycles. The predicted molar refractivity (Wildman–Crippen MR) is 93.4 cm³/mol. The highest BCUT2D eigenvalue weighted by atomic mass is 35.5. The second kappa shape index (κ2) is 7.37. The van der Waals surface area contributed by atoms with Crippen molar-refractivity contribution in [1.82, 2.24) is 0 Å². The summed E-state index contributed by atoms with van der Waals surface area (Å²) in [6.07, 6.45) is 0.867. The van der Waals surface area contributed by atoms with Gasteiger partial charge in [-0.25, -0.2) is 17.2 Å². The van der Waals surface area contributed by atoms with Gasteiger partial charge in [0.1, 0.15) is 6.54 Å². The fourth-order valence-corrected chi connectivity index (χ4v) is 3.13. The minimum atomic E-state index is -3.90. The van der Waals surface area contributed by atoms with Crippen molar-refractivity contribution in [3.63, 3.8) is 0 Å². The third kappa shape index (κ3) is 4.67. The smallest absolute Gasteiger partial charge is 0.245 e. The fourth-order valence-electron chi connectivity index (χ4n) is 2.10. The van der Waals surface area contributed by atoms with Gasteiger partial charge in [0.05, 0.1) is 11.9 Å². The Kier molecular flexibility index (Phi) is 5.64. The number of nitrogens with zero attached hydrogens (tertiary/aromatic N) is 1. The van der Waals surface area contributed by atoms with E-state index in [1.54, 1.807) is 25.1 Å². The molecule has 0 radical (unpaired) electrons. The summed E-state index contributed by atoms with van der Waals surface area (Å²) in [6, 6.07) is 7.49. The molecule has 5 nitrogen and oxygen atoms in total. The number of carbonyl (C=O) groups is 1. The summed E-state index contributed by atoms with van der Waals surface area (Å²) in [5, 5.41) is 2.99. The quantitative estimate of drug-likeness (QED) is 0.854. The zero-order valence-electron chi connectivity index (χ0n) is 13.4. The van der Waals surface area contributed by atoms with Gasteiger partial charge in [-0.3, -0.25) is 9.10 Å². The maximum absolute atomic E-state index is 13.4. The summed E-state index contributed by atoms with van der Waals surface area (Å²) in [4.78, 5) is 12.2. The number of nitrogens with one attached hydrogen (secondary N) is 1. The van der Waals surface area contributed by atoms with Gasteiger partial charge in [0.15, 0.2) is 11.6 Å². The molecule has 0 fully saturated rings. The topological polar surface area (TPSA) is 66.5 Å². The number of amides is 1. The van der Waals surface area contributed by atoms with Crippen LogP contribution in [0.5, 0.6) is 0 Å². The van der Waals surface area contributed by atoms with Crippen molar-refractivity contribution in [2.75, 3.05) is 22.4 Å². The van der Waals surface area contributed by atoms with Crippen LogP contribution in [0, 0.1) is 18.6 Å². The normalized spacial score (nSPS) is 11.2. The Morgan fingerprint density at radius 3 is 2.48 bits per heavy atom. The highest BCUT2D eigenvalue weighted by Crippen LogP contribution is 2.24. The molecule has 0 aliphatic rings. The standard InChI is InChI=1S/C16H15ClF2N2O3S/c1-10-12(17)4-3-5-15(10)20-16(22)9-21(25(2,23)24)11-6-7-13(18)14(19)8-11/h3-8H,9H2,1-2H3,(H,20,22). The Balaban J connectivity index is 2.27. The van der Waals surface area contributed by atoms with Gasteiger partial charge in [-0.15, -0.1) is 0 Å². The average molecular weight is 389 g/mol. The van der Waals surface area contributed by atoms with Crippen molar-refractivity contribution in [1.29, 1.82) is 0 Å². The molecule has 2 aromatic rings. The Hall–Kier alpha value is -2.19. The van der Waals surface area contributed by atoms with E-state index >= 15 is 0 Å². The molecule has 2 rings (SSSR count). The van der Waals surface area contributed by atoms with Gasteiger partial charge in [-0.1, -0.05) is 17.7 Å². The van der Waals surface area contributed by atoms with Crippen molar-refractivity contribution in [2.45, 2.75) is 6.92 Å². The molecule has 25 heavy (non-hydrogen) atoms. The average Bonchev–Trinajstić information content (AvgIpc) is 2.51. The van der Waals surface area contributed by atoms with Crippen LogP contribution < -0.4 is 9.62 Å². The van der Waals surface area contributed by atoms with Crippen LogP contribution in [0.25, 0.3) is 0 Å². The van der Waals surface area contributed by atoms with Crippen LogP contribution in [-0.2, 0) is 14.8 Å². The maximum Gasteiger partial charge on any atom is 0.245 e. The highest BCUT2D eigenvalue weighted by molar-refractivity contribution is 7.92.